The Morgan fingerprint density at radius 2 is 1.73 bits per heavy atom. The molecule has 2 N–H and O–H groups in total. The molecule has 176 valence electrons. The summed E-state index contributed by atoms with van der Waals surface area (Å²) in [5.74, 6) is -0.537. The van der Waals surface area contributed by atoms with Crippen molar-refractivity contribution in [2.45, 2.75) is 33.7 Å². The highest BCUT2D eigenvalue weighted by Gasteiger charge is 2.35. The van der Waals surface area contributed by atoms with Gasteiger partial charge in [0.15, 0.2) is 5.69 Å². The van der Waals surface area contributed by atoms with E-state index in [1.165, 1.54) is 48.4 Å². The van der Waals surface area contributed by atoms with Crippen LogP contribution in [0.15, 0.2) is 48.8 Å². The van der Waals surface area contributed by atoms with Crippen molar-refractivity contribution < 1.29 is 17.8 Å². The van der Waals surface area contributed by atoms with Crippen LogP contribution in [0.2, 0.25) is 5.02 Å². The number of anilines is 2. The van der Waals surface area contributed by atoms with E-state index in [1.54, 1.807) is 12.1 Å². The molecule has 0 aliphatic carbocycles. The molecule has 3 rings (SSSR count). The monoisotopic (exact) mass is 491 g/mol. The summed E-state index contributed by atoms with van der Waals surface area (Å²) >= 11 is 5.97. The molecule has 2 heterocycles. The van der Waals surface area contributed by atoms with Gasteiger partial charge >= 0.3 is 10.3 Å². The highest BCUT2D eigenvalue weighted by Crippen LogP contribution is 2.39. The van der Waals surface area contributed by atoms with Gasteiger partial charge in [-0.1, -0.05) is 32.4 Å². The zero-order valence-electron chi connectivity index (χ0n) is 18.9. The van der Waals surface area contributed by atoms with Gasteiger partial charge in [0.2, 0.25) is 0 Å². The van der Waals surface area contributed by atoms with Crippen LogP contribution in [0.3, 0.4) is 0 Å². The maximum absolute atomic E-state index is 13.4. The first kappa shape index (κ1) is 24.7. The van der Waals surface area contributed by atoms with Gasteiger partial charge in [-0.2, -0.15) is 13.5 Å². The Morgan fingerprint density at radius 3 is 2.24 bits per heavy atom. The lowest BCUT2D eigenvalue weighted by atomic mass is 9.88. The maximum atomic E-state index is 13.4. The molecule has 33 heavy (non-hydrogen) atoms. The second-order valence-corrected chi connectivity index (χ2v) is 10.4. The Labute approximate surface area is 198 Å². The molecule has 0 unspecified atom stereocenters. The second kappa shape index (κ2) is 9.12. The van der Waals surface area contributed by atoms with E-state index in [4.69, 9.17) is 11.6 Å². The summed E-state index contributed by atoms with van der Waals surface area (Å²) in [4.78, 5) is 17.4. The van der Waals surface area contributed by atoms with Crippen molar-refractivity contribution in [2.75, 3.05) is 4.31 Å². The molecule has 11 heteroatoms. The molecule has 0 saturated carbocycles. The van der Waals surface area contributed by atoms with Crippen LogP contribution < -0.4 is 9.62 Å². The van der Waals surface area contributed by atoms with E-state index >= 15 is 0 Å². The van der Waals surface area contributed by atoms with Crippen molar-refractivity contribution in [1.82, 2.24) is 20.1 Å². The largest absolute Gasteiger partial charge is 0.364 e. The standard InChI is InChI=1S/C22H26ClN5O4S/c1-14(22(2,3)4)25-21(29)20-19(18(26-27(20)5)15-10-12-24-13-11-15)28(33(30,31)32)17-8-6-16(23)7-9-17/h6-14H,1-5H3,(H,25,29)(H,30,31,32)/t14-/m0/s1. The smallest absolute Gasteiger partial charge is 0.348 e. The van der Waals surface area contributed by atoms with E-state index in [0.717, 1.165) is 0 Å². The molecular formula is C22H26ClN5O4S. The first-order valence-electron chi connectivity index (χ1n) is 10.1. The Kier molecular flexibility index (Phi) is 6.83. The summed E-state index contributed by atoms with van der Waals surface area (Å²) in [5.41, 5.74) is 0.407. The van der Waals surface area contributed by atoms with Crippen LogP contribution >= 0.6 is 11.6 Å². The van der Waals surface area contributed by atoms with Gasteiger partial charge in [-0.25, -0.2) is 4.31 Å². The normalized spacial score (nSPS) is 12.9. The van der Waals surface area contributed by atoms with Crippen LogP contribution in [0.1, 0.15) is 38.2 Å². The summed E-state index contributed by atoms with van der Waals surface area (Å²) in [6, 6.07) is 8.85. The summed E-state index contributed by atoms with van der Waals surface area (Å²) in [7, 11) is -3.34. The van der Waals surface area contributed by atoms with Crippen molar-refractivity contribution in [3.63, 3.8) is 0 Å². The zero-order chi connectivity index (χ0) is 24.6. The minimum absolute atomic E-state index is 0.0366. The van der Waals surface area contributed by atoms with Gasteiger partial charge in [0.25, 0.3) is 5.91 Å². The van der Waals surface area contributed by atoms with Crippen LogP contribution in [0.4, 0.5) is 11.4 Å². The average Bonchev–Trinajstić information content (AvgIpc) is 3.05. The molecule has 0 radical (unpaired) electrons. The van der Waals surface area contributed by atoms with Crippen molar-refractivity contribution in [3.8, 4) is 11.3 Å². The third-order valence-electron chi connectivity index (χ3n) is 5.33. The number of aryl methyl sites for hydroxylation is 1. The maximum Gasteiger partial charge on any atom is 0.364 e. The number of amides is 1. The first-order chi connectivity index (χ1) is 15.3. The number of pyridine rings is 1. The molecule has 0 saturated heterocycles. The number of rotatable bonds is 6. The first-order valence-corrected chi connectivity index (χ1v) is 11.9. The number of carbonyl (C=O) groups excluding carboxylic acids is 1. The summed E-state index contributed by atoms with van der Waals surface area (Å²) < 4.78 is 37.5. The molecule has 1 atom stereocenters. The molecule has 9 nitrogen and oxygen atoms in total. The number of aromatic nitrogens is 3. The van der Waals surface area contributed by atoms with Crippen molar-refractivity contribution in [2.24, 2.45) is 12.5 Å². The lowest BCUT2D eigenvalue weighted by Crippen LogP contribution is -2.42. The summed E-state index contributed by atoms with van der Waals surface area (Å²) in [6.07, 6.45) is 3.05. The lowest BCUT2D eigenvalue weighted by molar-refractivity contribution is 0.0901. The van der Waals surface area contributed by atoms with Gasteiger partial charge < -0.3 is 5.32 Å². The van der Waals surface area contributed by atoms with Crippen LogP contribution in [0.5, 0.6) is 0 Å². The van der Waals surface area contributed by atoms with Crippen LogP contribution in [-0.2, 0) is 17.4 Å². The topological polar surface area (TPSA) is 117 Å². The highest BCUT2D eigenvalue weighted by molar-refractivity contribution is 7.87. The third-order valence-corrected chi connectivity index (χ3v) is 6.44. The van der Waals surface area contributed by atoms with Crippen molar-refractivity contribution >= 4 is 39.2 Å². The molecule has 1 amide bonds. The average molecular weight is 492 g/mol. The SMILES string of the molecule is C[C@H](NC(=O)c1c(N(c2ccc(Cl)cc2)S(=O)(=O)O)c(-c2ccncc2)nn1C)C(C)(C)C. The van der Waals surface area contributed by atoms with Gasteiger partial charge in [-0.05, 0) is 48.7 Å². The van der Waals surface area contributed by atoms with E-state index in [0.29, 0.717) is 14.9 Å². The Bertz CT molecular complexity index is 1250. The zero-order valence-corrected chi connectivity index (χ0v) is 20.5. The van der Waals surface area contributed by atoms with Gasteiger partial charge in [-0.15, -0.1) is 0 Å². The predicted molar refractivity (Wildman–Crippen MR) is 128 cm³/mol. The minimum Gasteiger partial charge on any atom is -0.348 e. The summed E-state index contributed by atoms with van der Waals surface area (Å²) in [6.45, 7) is 7.78. The molecule has 3 aromatic rings. The van der Waals surface area contributed by atoms with E-state index in [2.05, 4.69) is 15.4 Å². The Morgan fingerprint density at radius 1 is 1.15 bits per heavy atom. The highest BCUT2D eigenvalue weighted by atomic mass is 35.5. The molecule has 0 aliphatic heterocycles. The fourth-order valence-electron chi connectivity index (χ4n) is 3.10. The number of hydrogen-bond donors (Lipinski definition) is 2. The number of benzene rings is 1. The third kappa shape index (κ3) is 5.35. The fourth-order valence-corrected chi connectivity index (χ4v) is 4.02. The second-order valence-electron chi connectivity index (χ2n) is 8.69. The molecule has 0 fully saturated rings. The van der Waals surface area contributed by atoms with E-state index in [1.807, 2.05) is 27.7 Å². The molecule has 0 spiro atoms. The van der Waals surface area contributed by atoms with E-state index in [-0.39, 0.29) is 34.2 Å². The molecular weight excluding hydrogens is 466 g/mol. The van der Waals surface area contributed by atoms with E-state index < -0.39 is 16.2 Å². The van der Waals surface area contributed by atoms with Gasteiger partial charge in [0.1, 0.15) is 11.4 Å². The van der Waals surface area contributed by atoms with Gasteiger partial charge in [0, 0.05) is 36.1 Å². The minimum atomic E-state index is -4.87. The van der Waals surface area contributed by atoms with Crippen molar-refractivity contribution in [1.29, 1.82) is 0 Å². The molecule has 0 bridgehead atoms. The van der Waals surface area contributed by atoms with Gasteiger partial charge in [-0.3, -0.25) is 19.0 Å². The Balaban J connectivity index is 2.30. The number of nitrogens with one attached hydrogen (secondary N) is 1. The van der Waals surface area contributed by atoms with Crippen LogP contribution in [0, 0.1) is 5.41 Å². The van der Waals surface area contributed by atoms with E-state index in [9.17, 15) is 17.8 Å². The molecule has 0 aliphatic rings. The van der Waals surface area contributed by atoms with Gasteiger partial charge in [0.05, 0.1) is 5.69 Å². The number of carbonyl (C=O) groups is 1. The number of nitrogens with zero attached hydrogens (tertiary/aromatic N) is 4. The number of hydrogen-bond acceptors (Lipinski definition) is 5. The number of halogens is 1. The summed E-state index contributed by atoms with van der Waals surface area (Å²) in [5, 5.41) is 7.73. The van der Waals surface area contributed by atoms with Crippen LogP contribution in [0.25, 0.3) is 11.3 Å². The van der Waals surface area contributed by atoms with Crippen molar-refractivity contribution in [3.05, 3.63) is 59.5 Å². The van der Waals surface area contributed by atoms with Crippen LogP contribution in [-0.4, -0.2) is 39.7 Å². The Hall–Kier alpha value is -2.95. The molecule has 1 aromatic carbocycles. The molecule has 2 aromatic heterocycles. The quantitative estimate of drug-likeness (QED) is 0.498. The fraction of sp³-hybridized carbons (Fsp3) is 0.318. The lowest BCUT2D eigenvalue weighted by Gasteiger charge is -2.28. The predicted octanol–water partition coefficient (Wildman–Crippen LogP) is 4.24.